The Labute approximate surface area is 181 Å². The van der Waals surface area contributed by atoms with E-state index in [0.717, 1.165) is 74.0 Å². The number of fused-ring (bicyclic) bond motifs is 1. The molecule has 1 N–H and O–H groups in total. The van der Waals surface area contributed by atoms with Gasteiger partial charge >= 0.3 is 0 Å². The molecule has 6 heteroatoms. The van der Waals surface area contributed by atoms with E-state index in [2.05, 4.69) is 50.1 Å². The first-order valence-electron chi connectivity index (χ1n) is 10.8. The highest BCUT2D eigenvalue weighted by molar-refractivity contribution is 5.85. The fraction of sp³-hybridized carbons (Fsp3) is 0.280. The minimum absolute atomic E-state index is 0.0265. The molecule has 3 heterocycles. The highest BCUT2D eigenvalue weighted by atomic mass is 16.5. The van der Waals surface area contributed by atoms with Gasteiger partial charge in [0.15, 0.2) is 5.43 Å². The van der Waals surface area contributed by atoms with Crippen molar-refractivity contribution in [3.63, 3.8) is 0 Å². The number of benzene rings is 1. The molecule has 0 saturated carbocycles. The molecule has 31 heavy (non-hydrogen) atoms. The highest BCUT2D eigenvalue weighted by Gasteiger charge is 2.18. The first-order valence-corrected chi connectivity index (χ1v) is 10.8. The van der Waals surface area contributed by atoms with Crippen LogP contribution in [0.15, 0.2) is 77.5 Å². The lowest BCUT2D eigenvalue weighted by Gasteiger charge is -2.28. The van der Waals surface area contributed by atoms with E-state index in [0.29, 0.717) is 5.39 Å². The highest BCUT2D eigenvalue weighted by Crippen LogP contribution is 2.27. The number of morpholine rings is 1. The molecule has 5 rings (SSSR count). The third kappa shape index (κ3) is 4.17. The first-order chi connectivity index (χ1) is 15.3. The van der Waals surface area contributed by atoms with Crippen LogP contribution in [0.25, 0.3) is 16.6 Å². The maximum Gasteiger partial charge on any atom is 0.193 e. The first kappa shape index (κ1) is 19.7. The molecule has 1 aliphatic heterocycles. The summed E-state index contributed by atoms with van der Waals surface area (Å²) in [6.07, 6.45) is 12.0. The van der Waals surface area contributed by atoms with Gasteiger partial charge < -0.3 is 10.1 Å². The number of rotatable bonds is 5. The molecule has 0 radical (unpaired) electrons. The van der Waals surface area contributed by atoms with Crippen molar-refractivity contribution < 1.29 is 4.74 Å². The summed E-state index contributed by atoms with van der Waals surface area (Å²) in [7, 11) is 0. The van der Waals surface area contributed by atoms with Crippen molar-refractivity contribution >= 4 is 16.7 Å². The van der Waals surface area contributed by atoms with Crippen LogP contribution in [0.1, 0.15) is 18.4 Å². The summed E-state index contributed by atoms with van der Waals surface area (Å²) in [5, 5.41) is 4.13. The number of pyridine rings is 2. The van der Waals surface area contributed by atoms with Gasteiger partial charge in [-0.05, 0) is 31.1 Å². The molecule has 0 spiro atoms. The number of allylic oxidation sites excluding steroid dienone is 3. The molecule has 1 aliphatic carbocycles. The second-order valence-electron chi connectivity index (χ2n) is 7.91. The molecule has 0 amide bonds. The molecular weight excluding hydrogens is 388 g/mol. The zero-order chi connectivity index (χ0) is 21.0. The van der Waals surface area contributed by atoms with Crippen molar-refractivity contribution in [1.29, 1.82) is 0 Å². The minimum atomic E-state index is -0.0265. The second kappa shape index (κ2) is 8.88. The number of nitrogens with one attached hydrogen (secondary N) is 1. The molecule has 158 valence electrons. The van der Waals surface area contributed by atoms with Gasteiger partial charge in [0.05, 0.1) is 24.1 Å². The number of anilines is 1. The Morgan fingerprint density at radius 3 is 2.68 bits per heavy atom. The average molecular weight is 415 g/mol. The van der Waals surface area contributed by atoms with Gasteiger partial charge in [0, 0.05) is 55.0 Å². The third-order valence-electron chi connectivity index (χ3n) is 5.77. The summed E-state index contributed by atoms with van der Waals surface area (Å²) in [5.41, 5.74) is 3.94. The fourth-order valence-corrected chi connectivity index (χ4v) is 4.24. The van der Waals surface area contributed by atoms with Gasteiger partial charge in [-0.15, -0.1) is 0 Å². The summed E-state index contributed by atoms with van der Waals surface area (Å²) in [6, 6.07) is 11.9. The van der Waals surface area contributed by atoms with Crippen LogP contribution in [0.5, 0.6) is 0 Å². The van der Waals surface area contributed by atoms with Crippen LogP contribution >= 0.6 is 0 Å². The summed E-state index contributed by atoms with van der Waals surface area (Å²) >= 11 is 0. The molecule has 2 aromatic heterocycles. The molecule has 2 aliphatic rings. The molecule has 3 aromatic rings. The van der Waals surface area contributed by atoms with E-state index in [1.54, 1.807) is 12.3 Å². The van der Waals surface area contributed by atoms with E-state index in [9.17, 15) is 4.79 Å². The number of nitrogens with zero attached hydrogens (tertiary/aromatic N) is 3. The second-order valence-corrected chi connectivity index (χ2v) is 7.91. The number of ether oxygens (including phenoxy) is 1. The van der Waals surface area contributed by atoms with E-state index in [1.807, 2.05) is 24.4 Å². The Kier molecular flexibility index (Phi) is 5.65. The van der Waals surface area contributed by atoms with Crippen molar-refractivity contribution in [2.24, 2.45) is 0 Å². The normalized spacial score (nSPS) is 17.0. The quantitative estimate of drug-likeness (QED) is 0.687. The lowest BCUT2D eigenvalue weighted by Crippen LogP contribution is -2.36. The maximum absolute atomic E-state index is 13.1. The third-order valence-corrected chi connectivity index (χ3v) is 5.77. The van der Waals surface area contributed by atoms with Gasteiger partial charge in [-0.3, -0.25) is 19.2 Å². The maximum atomic E-state index is 13.1. The largest absolute Gasteiger partial charge is 0.379 e. The average Bonchev–Trinajstić information content (AvgIpc) is 2.82. The number of aromatic nitrogens is 2. The zero-order valence-electron chi connectivity index (χ0n) is 17.5. The summed E-state index contributed by atoms with van der Waals surface area (Å²) in [4.78, 5) is 19.9. The molecule has 1 saturated heterocycles. The van der Waals surface area contributed by atoms with Crippen LogP contribution < -0.4 is 10.7 Å². The van der Waals surface area contributed by atoms with Crippen molar-refractivity contribution in [2.45, 2.75) is 19.4 Å². The number of hydrogen-bond donors (Lipinski definition) is 1. The van der Waals surface area contributed by atoms with Crippen LogP contribution in [-0.2, 0) is 11.3 Å². The number of hydrogen-bond acceptors (Lipinski definition) is 5. The van der Waals surface area contributed by atoms with Gasteiger partial charge in [0.1, 0.15) is 5.82 Å². The Balaban J connectivity index is 1.70. The SMILES string of the molecule is O=c1cc(NC2=CCCC=C2)n(-c2ccccc2)c2c(CN3CCOCC3)cncc12. The van der Waals surface area contributed by atoms with E-state index in [1.165, 1.54) is 0 Å². The van der Waals surface area contributed by atoms with E-state index in [4.69, 9.17) is 4.74 Å². The Morgan fingerprint density at radius 1 is 1.06 bits per heavy atom. The van der Waals surface area contributed by atoms with Crippen LogP contribution in [0.4, 0.5) is 5.82 Å². The van der Waals surface area contributed by atoms with Gasteiger partial charge in [0.25, 0.3) is 0 Å². The fourth-order valence-electron chi connectivity index (χ4n) is 4.24. The minimum Gasteiger partial charge on any atom is -0.379 e. The van der Waals surface area contributed by atoms with Gasteiger partial charge in [-0.25, -0.2) is 0 Å². The molecule has 6 nitrogen and oxygen atoms in total. The van der Waals surface area contributed by atoms with E-state index < -0.39 is 0 Å². The lowest BCUT2D eigenvalue weighted by molar-refractivity contribution is 0.0343. The predicted octanol–water partition coefficient (Wildman–Crippen LogP) is 3.86. The molecule has 1 fully saturated rings. The smallest absolute Gasteiger partial charge is 0.193 e. The van der Waals surface area contributed by atoms with Crippen LogP contribution in [0.3, 0.4) is 0 Å². The van der Waals surface area contributed by atoms with Crippen LogP contribution in [0, 0.1) is 0 Å². The van der Waals surface area contributed by atoms with E-state index in [-0.39, 0.29) is 5.43 Å². The Bertz CT molecular complexity index is 1190. The summed E-state index contributed by atoms with van der Waals surface area (Å²) in [6.45, 7) is 3.95. The summed E-state index contributed by atoms with van der Waals surface area (Å²) < 4.78 is 7.66. The Morgan fingerprint density at radius 2 is 1.90 bits per heavy atom. The molecular formula is C25H26N4O2. The summed E-state index contributed by atoms with van der Waals surface area (Å²) in [5.74, 6) is 0.760. The van der Waals surface area contributed by atoms with Crippen molar-refractivity contribution in [2.75, 3.05) is 31.6 Å². The van der Waals surface area contributed by atoms with Crippen molar-refractivity contribution in [3.05, 3.63) is 88.5 Å². The Hall–Kier alpha value is -3.22. The zero-order valence-corrected chi connectivity index (χ0v) is 17.5. The monoisotopic (exact) mass is 414 g/mol. The molecule has 1 aromatic carbocycles. The van der Waals surface area contributed by atoms with Crippen molar-refractivity contribution in [1.82, 2.24) is 14.5 Å². The molecule has 0 unspecified atom stereocenters. The van der Waals surface area contributed by atoms with Gasteiger partial charge in [-0.1, -0.05) is 30.4 Å². The number of para-hydroxylation sites is 1. The van der Waals surface area contributed by atoms with Crippen molar-refractivity contribution in [3.8, 4) is 5.69 Å². The standard InChI is InChI=1S/C25H26N4O2/c30-23-15-24(27-20-7-3-1-4-8-20)29(21-9-5-2-6-10-21)25-19(16-26-17-22(23)25)18-28-11-13-31-14-12-28/h2-3,5-10,15-17,27H,1,4,11-14,18H2. The van der Waals surface area contributed by atoms with Gasteiger partial charge in [0.2, 0.25) is 0 Å². The van der Waals surface area contributed by atoms with E-state index >= 15 is 0 Å². The van der Waals surface area contributed by atoms with Crippen LogP contribution in [-0.4, -0.2) is 40.8 Å². The van der Waals surface area contributed by atoms with Crippen LogP contribution in [0.2, 0.25) is 0 Å². The van der Waals surface area contributed by atoms with Gasteiger partial charge in [-0.2, -0.15) is 0 Å². The topological polar surface area (TPSA) is 59.4 Å². The predicted molar refractivity (Wildman–Crippen MR) is 124 cm³/mol. The molecule has 0 bridgehead atoms. The lowest BCUT2D eigenvalue weighted by atomic mass is 10.1. The molecule has 0 atom stereocenters.